The van der Waals surface area contributed by atoms with E-state index < -0.39 is 17.2 Å². The van der Waals surface area contributed by atoms with E-state index in [1.54, 1.807) is 19.9 Å². The van der Waals surface area contributed by atoms with Crippen LogP contribution in [-0.2, 0) is 0 Å². The minimum Gasteiger partial charge on any atom is -0.390 e. The van der Waals surface area contributed by atoms with Gasteiger partial charge in [-0.2, -0.15) is 0 Å². The summed E-state index contributed by atoms with van der Waals surface area (Å²) in [5.41, 5.74) is -2.30. The molecule has 0 amide bonds. The molecule has 0 bridgehead atoms. The summed E-state index contributed by atoms with van der Waals surface area (Å²) >= 11 is 0. The lowest BCUT2D eigenvalue weighted by atomic mass is 9.73. The number of allylic oxidation sites excluding steroid dienone is 1. The maximum atomic E-state index is 14.1. The van der Waals surface area contributed by atoms with Crippen LogP contribution in [0.15, 0.2) is 12.7 Å². The van der Waals surface area contributed by atoms with Crippen molar-refractivity contribution in [2.45, 2.75) is 52.3 Å². The van der Waals surface area contributed by atoms with Gasteiger partial charge in [0.2, 0.25) is 0 Å². The lowest BCUT2D eigenvalue weighted by Crippen LogP contribution is -2.46. The number of alkyl halides is 1. The number of aliphatic hydroxyl groups excluding tert-OH is 1. The molecule has 0 aromatic rings. The predicted molar refractivity (Wildman–Crippen MR) is 54.4 cm³/mol. The molecule has 13 heavy (non-hydrogen) atoms. The molecule has 1 N–H and O–H groups in total. The zero-order chi connectivity index (χ0) is 10.7. The monoisotopic (exact) mass is 188 g/mol. The molecule has 0 spiro atoms. The van der Waals surface area contributed by atoms with Crippen LogP contribution in [0.25, 0.3) is 0 Å². The topological polar surface area (TPSA) is 20.2 Å². The molecule has 1 nitrogen and oxygen atoms in total. The third-order valence-corrected chi connectivity index (χ3v) is 2.96. The highest BCUT2D eigenvalue weighted by Gasteiger charge is 2.44. The van der Waals surface area contributed by atoms with Crippen LogP contribution in [-0.4, -0.2) is 16.9 Å². The second-order valence-electron chi connectivity index (χ2n) is 4.31. The number of hydrogen-bond donors (Lipinski definition) is 1. The van der Waals surface area contributed by atoms with Gasteiger partial charge in [0.25, 0.3) is 0 Å². The van der Waals surface area contributed by atoms with E-state index in [4.69, 9.17) is 0 Å². The number of aliphatic hydroxyl groups is 1. The van der Waals surface area contributed by atoms with Crippen LogP contribution in [0.5, 0.6) is 0 Å². The van der Waals surface area contributed by atoms with E-state index in [1.165, 1.54) is 6.92 Å². The summed E-state index contributed by atoms with van der Waals surface area (Å²) in [6.45, 7) is 10.5. The first-order valence-electron chi connectivity index (χ1n) is 4.80. The molecule has 1 unspecified atom stereocenters. The van der Waals surface area contributed by atoms with Gasteiger partial charge in [-0.1, -0.05) is 33.3 Å². The van der Waals surface area contributed by atoms with Gasteiger partial charge < -0.3 is 5.11 Å². The average molecular weight is 188 g/mol. The molecule has 0 rings (SSSR count). The van der Waals surface area contributed by atoms with Gasteiger partial charge in [0.15, 0.2) is 0 Å². The van der Waals surface area contributed by atoms with Crippen LogP contribution in [0.3, 0.4) is 0 Å². The Labute approximate surface area is 80.7 Å². The van der Waals surface area contributed by atoms with Crippen LogP contribution in [0.1, 0.15) is 40.5 Å². The second kappa shape index (κ2) is 4.23. The van der Waals surface area contributed by atoms with Gasteiger partial charge in [-0.05, 0) is 13.3 Å². The van der Waals surface area contributed by atoms with Gasteiger partial charge >= 0.3 is 0 Å². The van der Waals surface area contributed by atoms with Crippen molar-refractivity contribution in [1.82, 2.24) is 0 Å². The summed E-state index contributed by atoms with van der Waals surface area (Å²) in [6, 6.07) is 0. The Bertz CT molecular complexity index is 173. The van der Waals surface area contributed by atoms with Gasteiger partial charge in [0, 0.05) is 5.41 Å². The van der Waals surface area contributed by atoms with Crippen molar-refractivity contribution in [1.29, 1.82) is 0 Å². The molecule has 0 saturated carbocycles. The molecule has 0 aromatic heterocycles. The Morgan fingerprint density at radius 2 is 1.92 bits per heavy atom. The Morgan fingerprint density at radius 3 is 2.23 bits per heavy atom. The van der Waals surface area contributed by atoms with Crippen molar-refractivity contribution in [3.8, 4) is 0 Å². The van der Waals surface area contributed by atoms with Crippen molar-refractivity contribution in [2.24, 2.45) is 5.41 Å². The van der Waals surface area contributed by atoms with Gasteiger partial charge in [0.1, 0.15) is 5.67 Å². The lowest BCUT2D eigenvalue weighted by Gasteiger charge is -2.38. The van der Waals surface area contributed by atoms with Crippen molar-refractivity contribution >= 4 is 0 Å². The van der Waals surface area contributed by atoms with E-state index in [0.717, 1.165) is 6.42 Å². The van der Waals surface area contributed by atoms with Crippen molar-refractivity contribution in [3.63, 3.8) is 0 Å². The molecule has 0 aliphatic heterocycles. The molecular formula is C11H21FO. The van der Waals surface area contributed by atoms with Gasteiger partial charge in [-0.15, -0.1) is 6.58 Å². The van der Waals surface area contributed by atoms with Crippen molar-refractivity contribution in [2.75, 3.05) is 0 Å². The third-order valence-electron chi connectivity index (χ3n) is 2.96. The van der Waals surface area contributed by atoms with Crippen LogP contribution in [0.2, 0.25) is 0 Å². The Hall–Kier alpha value is -0.370. The molecule has 2 atom stereocenters. The largest absolute Gasteiger partial charge is 0.390 e. The highest BCUT2D eigenvalue weighted by Crippen LogP contribution is 2.39. The maximum Gasteiger partial charge on any atom is 0.142 e. The zero-order valence-electron chi connectivity index (χ0n) is 9.10. The lowest BCUT2D eigenvalue weighted by molar-refractivity contribution is -0.0597. The SMILES string of the molecule is C=CC(C)(C)C(C)(F)[C@@H](O)CCC. The summed E-state index contributed by atoms with van der Waals surface area (Å²) in [7, 11) is 0. The fourth-order valence-corrected chi connectivity index (χ4v) is 1.17. The van der Waals surface area contributed by atoms with E-state index in [0.29, 0.717) is 6.42 Å². The van der Waals surface area contributed by atoms with Crippen molar-refractivity contribution < 1.29 is 9.50 Å². The first-order chi connectivity index (χ1) is 5.79. The minimum absolute atomic E-state index is 0.490. The fourth-order valence-electron chi connectivity index (χ4n) is 1.17. The number of hydrogen-bond acceptors (Lipinski definition) is 1. The quantitative estimate of drug-likeness (QED) is 0.657. The normalized spacial score (nSPS) is 19.2. The number of halogens is 1. The summed E-state index contributed by atoms with van der Waals surface area (Å²) in [5, 5.41) is 9.62. The standard InChI is InChI=1S/C11H21FO/c1-6-8-9(13)11(5,12)10(3,4)7-2/h7,9,13H,2,6,8H2,1,3-5H3/t9-,11?/m0/s1. The summed E-state index contributed by atoms with van der Waals surface area (Å²) in [6.07, 6.45) is 1.93. The first kappa shape index (κ1) is 12.6. The maximum absolute atomic E-state index is 14.1. The summed E-state index contributed by atoms with van der Waals surface area (Å²) in [4.78, 5) is 0. The Balaban J connectivity index is 4.62. The van der Waals surface area contributed by atoms with Crippen LogP contribution in [0.4, 0.5) is 4.39 Å². The summed E-state index contributed by atoms with van der Waals surface area (Å²) < 4.78 is 14.1. The van der Waals surface area contributed by atoms with Crippen molar-refractivity contribution in [3.05, 3.63) is 12.7 Å². The van der Waals surface area contributed by atoms with Crippen LogP contribution < -0.4 is 0 Å². The molecule has 2 heteroatoms. The third kappa shape index (κ3) is 2.53. The number of rotatable bonds is 5. The van der Waals surface area contributed by atoms with Crippen LogP contribution >= 0.6 is 0 Å². The van der Waals surface area contributed by atoms with E-state index in [-0.39, 0.29) is 0 Å². The minimum atomic E-state index is -1.61. The van der Waals surface area contributed by atoms with Gasteiger partial charge in [-0.25, -0.2) is 4.39 Å². The average Bonchev–Trinajstić information content (AvgIpc) is 2.04. The Kier molecular flexibility index (Phi) is 4.11. The highest BCUT2D eigenvalue weighted by molar-refractivity contribution is 5.04. The van der Waals surface area contributed by atoms with E-state index in [9.17, 15) is 9.50 Å². The molecule has 78 valence electrons. The van der Waals surface area contributed by atoms with E-state index >= 15 is 0 Å². The fraction of sp³-hybridized carbons (Fsp3) is 0.818. The molecule has 0 heterocycles. The van der Waals surface area contributed by atoms with Gasteiger partial charge in [0.05, 0.1) is 6.10 Å². The molecule has 0 aliphatic carbocycles. The molecule has 0 aliphatic rings. The van der Waals surface area contributed by atoms with E-state index in [2.05, 4.69) is 6.58 Å². The molecule has 0 saturated heterocycles. The first-order valence-corrected chi connectivity index (χ1v) is 4.80. The predicted octanol–water partition coefficient (Wildman–Crippen LogP) is 3.09. The molecule has 0 radical (unpaired) electrons. The van der Waals surface area contributed by atoms with Crippen LogP contribution in [0, 0.1) is 5.41 Å². The Morgan fingerprint density at radius 1 is 1.46 bits per heavy atom. The molecule has 0 aromatic carbocycles. The smallest absolute Gasteiger partial charge is 0.142 e. The molecular weight excluding hydrogens is 167 g/mol. The molecule has 0 fully saturated rings. The van der Waals surface area contributed by atoms with E-state index in [1.807, 2.05) is 6.92 Å². The second-order valence-corrected chi connectivity index (χ2v) is 4.31. The van der Waals surface area contributed by atoms with Gasteiger partial charge in [-0.3, -0.25) is 0 Å². The summed E-state index contributed by atoms with van der Waals surface area (Å²) in [5.74, 6) is 0. The zero-order valence-corrected chi connectivity index (χ0v) is 9.10. The highest BCUT2D eigenvalue weighted by atomic mass is 19.1.